The van der Waals surface area contributed by atoms with Gasteiger partial charge in [-0.3, -0.25) is 28.7 Å². The number of aliphatic hydroxyl groups is 1. The van der Waals surface area contributed by atoms with Crippen molar-refractivity contribution in [2.24, 2.45) is 5.73 Å². The number of nitrogens with zero attached hydrogens (tertiary/aromatic N) is 2. The lowest BCUT2D eigenvalue weighted by molar-refractivity contribution is -0.139. The van der Waals surface area contributed by atoms with Gasteiger partial charge in [-0.05, 0) is 55.7 Å². The molecule has 0 unspecified atom stereocenters. The number of hydrogen-bond acceptors (Lipinski definition) is 10. The molecule has 2 heterocycles. The van der Waals surface area contributed by atoms with Crippen LogP contribution in [-0.4, -0.2) is 97.7 Å². The summed E-state index contributed by atoms with van der Waals surface area (Å²) >= 11 is 0. The van der Waals surface area contributed by atoms with E-state index in [9.17, 15) is 52.6 Å². The topological polar surface area (TPSA) is 267 Å². The third kappa shape index (κ3) is 11.3. The number of likely N-dealkylation sites (N-methyl/N-ethyl adjacent to an activating group) is 1. The molecule has 1 aliphatic rings. The number of carbonyl (C=O) groups excluding carboxylic acids is 4. The summed E-state index contributed by atoms with van der Waals surface area (Å²) in [6, 6.07) is 3.70. The van der Waals surface area contributed by atoms with Crippen molar-refractivity contribution >= 4 is 29.7 Å². The predicted molar refractivity (Wildman–Crippen MR) is 193 cm³/mol. The number of benzene rings is 2. The summed E-state index contributed by atoms with van der Waals surface area (Å²) in [7, 11) is 1.34. The van der Waals surface area contributed by atoms with Crippen molar-refractivity contribution in [3.63, 3.8) is 0 Å². The highest BCUT2D eigenvalue weighted by Crippen LogP contribution is 2.29. The van der Waals surface area contributed by atoms with E-state index in [2.05, 4.69) is 21.3 Å². The molecular formula is C36H42F2N8O10. The highest BCUT2D eigenvalue weighted by Gasteiger charge is 2.36. The zero-order valence-electron chi connectivity index (χ0n) is 30.4. The number of aromatic amines is 1. The number of hydrogen-bond donors (Lipinski definition) is 8. The van der Waals surface area contributed by atoms with E-state index in [-0.39, 0.29) is 25.0 Å². The van der Waals surface area contributed by atoms with Crippen molar-refractivity contribution in [3.05, 3.63) is 116 Å². The molecule has 0 bridgehead atoms. The van der Waals surface area contributed by atoms with Gasteiger partial charge >= 0.3 is 17.7 Å². The minimum absolute atomic E-state index is 0.0118. The molecule has 4 rings (SSSR count). The first-order chi connectivity index (χ1) is 26.4. The van der Waals surface area contributed by atoms with Crippen molar-refractivity contribution in [1.29, 1.82) is 0 Å². The maximum Gasteiger partial charge on any atom is 0.331 e. The van der Waals surface area contributed by atoms with Crippen LogP contribution in [-0.2, 0) is 36.8 Å². The molecule has 0 saturated carbocycles. The second kappa shape index (κ2) is 18.8. The number of carbonyl (C=O) groups is 5. The van der Waals surface area contributed by atoms with Crippen LogP contribution in [0.1, 0.15) is 37.6 Å². The molecule has 1 saturated heterocycles. The number of urea groups is 1. The van der Waals surface area contributed by atoms with Crippen LogP contribution in [0, 0.1) is 11.6 Å². The highest BCUT2D eigenvalue weighted by molar-refractivity contribution is 5.93. The molecule has 3 aromatic rings. The fourth-order valence-corrected chi connectivity index (χ4v) is 5.64. The fourth-order valence-electron chi connectivity index (χ4n) is 5.64. The lowest BCUT2D eigenvalue weighted by atomic mass is 10.0. The van der Waals surface area contributed by atoms with Crippen molar-refractivity contribution < 1.29 is 47.7 Å². The van der Waals surface area contributed by atoms with E-state index in [4.69, 9.17) is 10.5 Å². The Balaban J connectivity index is 1.48. The fraction of sp³-hybridized carbons (Fsp3) is 0.361. The molecule has 0 spiro atoms. The molecule has 20 heteroatoms. The average molecular weight is 785 g/mol. The summed E-state index contributed by atoms with van der Waals surface area (Å²) in [5, 5.41) is 29.7. The SMILES string of the molecule is C[C@H](NC(=O)N[C@@H](Cc1ccc(F)cc1)C(=O)O)C(=O)N[C@H](C(=O)N/C=C1/C[C@@H](O)[C@H](n2ccc(=O)[nH]c2=O)O1)[C@H](C)N(C)C(=O)[C@@H](N)Cc1ccc(F)cc1. The Bertz CT molecular complexity index is 2060. The van der Waals surface area contributed by atoms with E-state index in [0.717, 1.165) is 40.1 Å². The van der Waals surface area contributed by atoms with E-state index < -0.39 is 95.1 Å². The monoisotopic (exact) mass is 784 g/mol. The number of amides is 5. The van der Waals surface area contributed by atoms with Crippen molar-refractivity contribution in [2.45, 2.75) is 75.7 Å². The van der Waals surface area contributed by atoms with E-state index in [1.165, 1.54) is 57.3 Å². The van der Waals surface area contributed by atoms with Crippen LogP contribution in [0.15, 0.2) is 82.3 Å². The lowest BCUT2D eigenvalue weighted by Crippen LogP contribution is -2.61. The molecular weight excluding hydrogens is 742 g/mol. The van der Waals surface area contributed by atoms with Crippen LogP contribution in [0.3, 0.4) is 0 Å². The highest BCUT2D eigenvalue weighted by atomic mass is 19.1. The number of nitrogens with one attached hydrogen (secondary N) is 5. The number of H-pyrrole nitrogens is 1. The number of ether oxygens (including phenoxy) is 1. The van der Waals surface area contributed by atoms with E-state index in [0.29, 0.717) is 11.1 Å². The molecule has 0 radical (unpaired) electrons. The Kier molecular flexibility index (Phi) is 14.2. The molecule has 9 N–H and O–H groups in total. The third-order valence-corrected chi connectivity index (χ3v) is 8.92. The third-order valence-electron chi connectivity index (χ3n) is 8.92. The van der Waals surface area contributed by atoms with Gasteiger partial charge in [-0.15, -0.1) is 0 Å². The van der Waals surface area contributed by atoms with E-state index in [1.54, 1.807) is 0 Å². The summed E-state index contributed by atoms with van der Waals surface area (Å²) in [4.78, 5) is 92.0. The second-order valence-electron chi connectivity index (χ2n) is 13.1. The summed E-state index contributed by atoms with van der Waals surface area (Å²) in [6.45, 7) is 2.69. The van der Waals surface area contributed by atoms with Crippen molar-refractivity contribution in [1.82, 2.24) is 35.7 Å². The summed E-state index contributed by atoms with van der Waals surface area (Å²) in [5.41, 5.74) is 5.63. The molecule has 7 atom stereocenters. The van der Waals surface area contributed by atoms with Gasteiger partial charge in [0.1, 0.15) is 41.6 Å². The zero-order valence-corrected chi connectivity index (χ0v) is 30.4. The first kappa shape index (κ1) is 42.3. The summed E-state index contributed by atoms with van der Waals surface area (Å²) in [5.74, 6) is -4.87. The van der Waals surface area contributed by atoms with Gasteiger partial charge < -0.3 is 46.9 Å². The largest absolute Gasteiger partial charge is 0.480 e. The van der Waals surface area contributed by atoms with Crippen molar-refractivity contribution in [3.8, 4) is 0 Å². The predicted octanol–water partition coefficient (Wildman–Crippen LogP) is -0.662. The van der Waals surface area contributed by atoms with Crippen LogP contribution < -0.4 is 38.2 Å². The number of rotatable bonds is 15. The molecule has 5 amide bonds. The van der Waals surface area contributed by atoms with Gasteiger partial charge in [0.05, 0.1) is 12.1 Å². The molecule has 2 aromatic carbocycles. The van der Waals surface area contributed by atoms with Crippen LogP contribution in [0.2, 0.25) is 0 Å². The Labute approximate surface area is 317 Å². The normalized spacial score (nSPS) is 18.4. The van der Waals surface area contributed by atoms with Crippen LogP contribution in [0.25, 0.3) is 0 Å². The number of aliphatic hydroxyl groups excluding tert-OH is 1. The molecule has 0 aliphatic carbocycles. The van der Waals surface area contributed by atoms with Gasteiger partial charge in [-0.25, -0.2) is 23.2 Å². The molecule has 1 aliphatic heterocycles. The van der Waals surface area contributed by atoms with Gasteiger partial charge in [0, 0.05) is 38.4 Å². The maximum absolute atomic E-state index is 13.7. The van der Waals surface area contributed by atoms with Gasteiger partial charge in [-0.2, -0.15) is 0 Å². The summed E-state index contributed by atoms with van der Waals surface area (Å²) in [6.07, 6.45) is -0.673. The standard InChI is InChI=1S/C36H42F2N8O10/c1-18(41-35(54)42-26(34(52)53)15-21-6-10-23(38)11-7-21)30(49)44-29(19(2)45(3)32(51)25(39)14-20-4-8-22(37)9-5-20)31(50)40-17-24-16-27(47)33(56-24)46-13-12-28(48)43-36(46)55/h4-13,17-19,25-27,29,33,47H,14-16,39H2,1-3H3,(H,40,50)(H,44,49)(H,52,53)(H2,41,42,54)(H,43,48,55)/b24-17-/t18-,19-,25-,26-,27+,29-,33+/m0/s1. The molecule has 1 fully saturated rings. The first-order valence-corrected chi connectivity index (χ1v) is 17.2. The van der Waals surface area contributed by atoms with E-state index in [1.807, 2.05) is 4.98 Å². The number of halogens is 2. The molecule has 300 valence electrons. The minimum Gasteiger partial charge on any atom is -0.480 e. The Morgan fingerprint density at radius 1 is 0.946 bits per heavy atom. The molecule has 1 aromatic heterocycles. The van der Waals surface area contributed by atoms with Crippen molar-refractivity contribution in [2.75, 3.05) is 7.05 Å². The molecule has 18 nitrogen and oxygen atoms in total. The number of aliphatic carboxylic acids is 1. The lowest BCUT2D eigenvalue weighted by Gasteiger charge is -2.33. The van der Waals surface area contributed by atoms with E-state index >= 15 is 0 Å². The van der Waals surface area contributed by atoms with Crippen LogP contribution >= 0.6 is 0 Å². The van der Waals surface area contributed by atoms with Gasteiger partial charge in [0.2, 0.25) is 23.9 Å². The number of nitrogens with two attached hydrogens (primary N) is 1. The quantitative estimate of drug-likeness (QED) is 0.0959. The Hall–Kier alpha value is -6.41. The average Bonchev–Trinajstić information content (AvgIpc) is 3.52. The van der Waals surface area contributed by atoms with Gasteiger partial charge in [0.15, 0.2) is 0 Å². The van der Waals surface area contributed by atoms with Gasteiger partial charge in [-0.1, -0.05) is 24.3 Å². The molecule has 56 heavy (non-hydrogen) atoms. The second-order valence-corrected chi connectivity index (χ2v) is 13.1. The Morgan fingerprint density at radius 2 is 1.54 bits per heavy atom. The maximum atomic E-state index is 13.7. The number of carboxylic acid groups (broad SMARTS) is 1. The van der Waals surface area contributed by atoms with Crippen LogP contribution in [0.4, 0.5) is 13.6 Å². The Morgan fingerprint density at radius 3 is 2.11 bits per heavy atom. The first-order valence-electron chi connectivity index (χ1n) is 17.2. The summed E-state index contributed by atoms with van der Waals surface area (Å²) < 4.78 is 33.3. The van der Waals surface area contributed by atoms with Gasteiger partial charge in [0.25, 0.3) is 5.56 Å². The number of carboxylic acids is 1. The number of aromatic nitrogens is 2. The minimum atomic E-state index is -1.53. The van der Waals surface area contributed by atoms with Crippen LogP contribution in [0.5, 0.6) is 0 Å². The zero-order chi connectivity index (χ0) is 41.3. The smallest absolute Gasteiger partial charge is 0.331 e.